The van der Waals surface area contributed by atoms with Crippen molar-refractivity contribution < 1.29 is 9.42 Å². The molecule has 0 aliphatic carbocycles. The molecule has 0 aromatic heterocycles. The number of alkyl halides is 1. The van der Waals surface area contributed by atoms with E-state index in [1.807, 2.05) is 35.0 Å². The monoisotopic (exact) mass is 275 g/mol. The summed E-state index contributed by atoms with van der Waals surface area (Å²) in [5.74, 6) is 0.453. The number of para-hydroxylation sites is 1. The van der Waals surface area contributed by atoms with E-state index in [4.69, 9.17) is 16.1 Å². The Balaban J connectivity index is 2.17. The molecule has 1 saturated heterocycles. The zero-order valence-corrected chi connectivity index (χ0v) is 11.2. The van der Waals surface area contributed by atoms with Gasteiger partial charge in [-0.25, -0.2) is 5.09 Å². The molecule has 17 heavy (non-hydrogen) atoms. The molecule has 2 rings (SSSR count). The van der Waals surface area contributed by atoms with Crippen LogP contribution in [0.4, 0.5) is 5.69 Å². The van der Waals surface area contributed by atoms with Crippen LogP contribution in [0.25, 0.3) is 0 Å². The summed E-state index contributed by atoms with van der Waals surface area (Å²) < 4.78 is 7.48. The highest BCUT2D eigenvalue weighted by Gasteiger charge is 2.36. The molecule has 4 nitrogen and oxygen atoms in total. The van der Waals surface area contributed by atoms with Crippen LogP contribution in [-0.2, 0) is 4.52 Å². The fourth-order valence-corrected chi connectivity index (χ4v) is 4.09. The summed E-state index contributed by atoms with van der Waals surface area (Å²) in [6.45, 7) is 1.92. The van der Waals surface area contributed by atoms with Crippen LogP contribution in [0.1, 0.15) is 6.42 Å². The number of hydrogen-bond acceptors (Lipinski definition) is 4. The first-order chi connectivity index (χ1) is 8.26. The molecule has 1 heterocycles. The fraction of sp³-hybridized carbons (Fsp3) is 0.455. The van der Waals surface area contributed by atoms with Gasteiger partial charge >= 0.3 is 0 Å². The van der Waals surface area contributed by atoms with Crippen LogP contribution in [0.5, 0.6) is 0 Å². The van der Waals surface area contributed by atoms with Crippen LogP contribution >= 0.6 is 19.6 Å². The van der Waals surface area contributed by atoms with Gasteiger partial charge in [0.25, 0.3) is 8.02 Å². The third-order valence-electron chi connectivity index (χ3n) is 2.58. The van der Waals surface area contributed by atoms with Crippen molar-refractivity contribution in [2.24, 2.45) is 0 Å². The van der Waals surface area contributed by atoms with Crippen molar-refractivity contribution in [3.63, 3.8) is 0 Å². The average molecular weight is 276 g/mol. The molecule has 0 amide bonds. The first-order valence-electron chi connectivity index (χ1n) is 5.67. The van der Waals surface area contributed by atoms with E-state index in [1.165, 1.54) is 0 Å². The van der Waals surface area contributed by atoms with Gasteiger partial charge in [0.15, 0.2) is 0 Å². The third kappa shape index (κ3) is 3.09. The van der Waals surface area contributed by atoms with Crippen molar-refractivity contribution in [2.75, 3.05) is 30.2 Å². The van der Waals surface area contributed by atoms with E-state index in [0.29, 0.717) is 19.0 Å². The first kappa shape index (κ1) is 13.1. The summed E-state index contributed by atoms with van der Waals surface area (Å²) in [7, 11) is -2.71. The molecule has 1 aliphatic heterocycles. The maximum absolute atomic E-state index is 10.6. The van der Waals surface area contributed by atoms with Gasteiger partial charge < -0.3 is 14.1 Å². The number of hydrogen-bond donors (Lipinski definition) is 2. The van der Waals surface area contributed by atoms with Gasteiger partial charge in [0.1, 0.15) is 0 Å². The van der Waals surface area contributed by atoms with Crippen molar-refractivity contribution in [3.05, 3.63) is 30.3 Å². The van der Waals surface area contributed by atoms with Gasteiger partial charge in [0.05, 0.1) is 6.61 Å². The first-order valence-corrected chi connectivity index (χ1v) is 7.81. The Morgan fingerprint density at radius 2 is 2.18 bits per heavy atom. The Bertz CT molecular complexity index is 355. The van der Waals surface area contributed by atoms with Crippen LogP contribution in [0.15, 0.2) is 30.3 Å². The number of nitrogens with one attached hydrogen (secondary N) is 1. The van der Waals surface area contributed by atoms with E-state index in [2.05, 4.69) is 5.09 Å². The van der Waals surface area contributed by atoms with Gasteiger partial charge in [-0.1, -0.05) is 18.2 Å². The van der Waals surface area contributed by atoms with Gasteiger partial charge in [0.2, 0.25) is 0 Å². The Kier molecular flexibility index (Phi) is 4.60. The fourth-order valence-electron chi connectivity index (χ4n) is 1.82. The molecule has 1 atom stereocenters. The Morgan fingerprint density at radius 3 is 2.88 bits per heavy atom. The molecule has 1 fully saturated rings. The molecule has 1 aliphatic rings. The molecule has 2 N–H and O–H groups in total. The Morgan fingerprint density at radius 1 is 1.41 bits per heavy atom. The minimum absolute atomic E-state index is 0.453. The predicted octanol–water partition coefficient (Wildman–Crippen LogP) is 2.41. The van der Waals surface area contributed by atoms with Gasteiger partial charge in [-0.3, -0.25) is 0 Å². The molecule has 1 aromatic carbocycles. The molecule has 6 heteroatoms. The molecular weight excluding hydrogens is 259 g/mol. The van der Waals surface area contributed by atoms with Crippen molar-refractivity contribution in [1.82, 2.24) is 5.09 Å². The molecule has 1 aromatic rings. The van der Waals surface area contributed by atoms with E-state index in [-0.39, 0.29) is 0 Å². The van der Waals surface area contributed by atoms with Crippen molar-refractivity contribution >= 4 is 25.3 Å². The third-order valence-corrected chi connectivity index (χ3v) is 5.03. The van der Waals surface area contributed by atoms with Gasteiger partial charge in [-0.05, 0) is 18.6 Å². The molecule has 1 unspecified atom stereocenters. The summed E-state index contributed by atoms with van der Waals surface area (Å²) in [4.78, 5) is 10.6. The number of benzene rings is 1. The Labute approximate surface area is 107 Å². The quantitative estimate of drug-likeness (QED) is 0.654. The number of anilines is 1. The highest BCUT2D eigenvalue weighted by molar-refractivity contribution is 7.65. The van der Waals surface area contributed by atoms with Crippen molar-refractivity contribution in [2.45, 2.75) is 6.42 Å². The van der Waals surface area contributed by atoms with E-state index in [0.717, 1.165) is 18.7 Å². The summed E-state index contributed by atoms with van der Waals surface area (Å²) in [6.07, 6.45) is 0.916. The van der Waals surface area contributed by atoms with Crippen LogP contribution in [0.2, 0.25) is 0 Å². The van der Waals surface area contributed by atoms with Gasteiger partial charge in [-0.2, -0.15) is 0 Å². The van der Waals surface area contributed by atoms with E-state index in [1.54, 1.807) is 0 Å². The summed E-state index contributed by atoms with van der Waals surface area (Å²) in [5, 5.41) is 3.03. The summed E-state index contributed by atoms with van der Waals surface area (Å²) in [5.41, 5.74) is 0.977. The second-order valence-corrected chi connectivity index (χ2v) is 6.31. The molecule has 0 spiro atoms. The lowest BCUT2D eigenvalue weighted by Gasteiger charge is -2.44. The second-order valence-electron chi connectivity index (χ2n) is 3.79. The zero-order valence-electron chi connectivity index (χ0n) is 9.55. The number of rotatable bonds is 4. The highest BCUT2D eigenvalue weighted by Crippen LogP contribution is 2.58. The van der Waals surface area contributed by atoms with E-state index < -0.39 is 8.02 Å². The van der Waals surface area contributed by atoms with Crippen LogP contribution in [0.3, 0.4) is 0 Å². The van der Waals surface area contributed by atoms with Crippen LogP contribution in [-0.4, -0.2) is 30.5 Å². The number of nitrogens with zero attached hydrogens (tertiary/aromatic N) is 1. The lowest BCUT2D eigenvalue weighted by atomic mass is 10.3. The minimum atomic E-state index is -2.71. The molecule has 95 valence electrons. The van der Waals surface area contributed by atoms with Crippen molar-refractivity contribution in [1.29, 1.82) is 0 Å². The SMILES string of the molecule is O[P]1(NCCCl)OCCCN1c1ccccc1. The lowest BCUT2D eigenvalue weighted by molar-refractivity contribution is 0.257. The van der Waals surface area contributed by atoms with Crippen LogP contribution in [0, 0.1) is 0 Å². The van der Waals surface area contributed by atoms with E-state index >= 15 is 0 Å². The van der Waals surface area contributed by atoms with Crippen LogP contribution < -0.4 is 9.76 Å². The van der Waals surface area contributed by atoms with E-state index in [9.17, 15) is 4.89 Å². The highest BCUT2D eigenvalue weighted by atomic mass is 35.5. The van der Waals surface area contributed by atoms with Gasteiger partial charge in [-0.15, -0.1) is 11.6 Å². The second kappa shape index (κ2) is 5.98. The molecule has 0 saturated carbocycles. The normalized spacial score (nSPS) is 24.9. The lowest BCUT2D eigenvalue weighted by Crippen LogP contribution is -2.39. The maximum Gasteiger partial charge on any atom is 0.270 e. The topological polar surface area (TPSA) is 44.7 Å². The molecule has 1 radical (unpaired) electrons. The smallest absolute Gasteiger partial charge is 0.270 e. The predicted molar refractivity (Wildman–Crippen MR) is 72.2 cm³/mol. The minimum Gasteiger partial charge on any atom is -0.329 e. The zero-order chi connectivity index (χ0) is 12.1. The maximum atomic E-state index is 10.6. The summed E-state index contributed by atoms with van der Waals surface area (Å²) >= 11 is 5.65. The largest absolute Gasteiger partial charge is 0.329 e. The number of halogens is 1. The Hall–Kier alpha value is -0.380. The standard InChI is InChI=1S/C11H17ClN2O2P/c12-7-8-13-17(15)14(9-4-10-16-17)11-5-2-1-3-6-11/h1-3,5-6,13,15H,4,7-10H2. The average Bonchev–Trinajstić information content (AvgIpc) is 2.38. The summed E-state index contributed by atoms with van der Waals surface area (Å²) in [6, 6.07) is 9.81. The van der Waals surface area contributed by atoms with Gasteiger partial charge in [0, 0.05) is 24.7 Å². The molecular formula is C11H17ClN2O2P. The van der Waals surface area contributed by atoms with Crippen molar-refractivity contribution in [3.8, 4) is 0 Å². The molecule has 0 bridgehead atoms.